The number of fused-ring (bicyclic) bond motifs is 1. The summed E-state index contributed by atoms with van der Waals surface area (Å²) in [7, 11) is 3.54. The smallest absolute Gasteiger partial charge is 0.453 e. The van der Waals surface area contributed by atoms with Crippen molar-refractivity contribution in [1.29, 1.82) is 0 Å². The summed E-state index contributed by atoms with van der Waals surface area (Å²) in [4.78, 5) is 36.2. The molecule has 10 nitrogen and oxygen atoms in total. The first-order valence-electron chi connectivity index (χ1n) is 11.0. The number of hydrogen-bond donors (Lipinski definition) is 2. The third-order valence-electron chi connectivity index (χ3n) is 5.69. The lowest BCUT2D eigenvalue weighted by Crippen LogP contribution is -2.55. The van der Waals surface area contributed by atoms with Crippen molar-refractivity contribution in [2.24, 2.45) is 0 Å². The number of ether oxygens (including phenoxy) is 5. The Labute approximate surface area is 203 Å². The number of nitrogens with one attached hydrogen (secondary N) is 1. The van der Waals surface area contributed by atoms with Gasteiger partial charge < -0.3 is 34.1 Å². The molecule has 0 saturated carbocycles. The van der Waals surface area contributed by atoms with Crippen LogP contribution in [0.5, 0.6) is 11.5 Å². The van der Waals surface area contributed by atoms with Gasteiger partial charge in [-0.25, -0.2) is 14.4 Å². The molecule has 0 aliphatic carbocycles. The fraction of sp³-hybridized carbons (Fsp3) is 0.400. The Kier molecular flexibility index (Phi) is 8.31. The van der Waals surface area contributed by atoms with Crippen LogP contribution >= 0.6 is 0 Å². The highest BCUT2D eigenvalue weighted by Gasteiger charge is 2.59. The second-order valence-electron chi connectivity index (χ2n) is 7.94. The number of esters is 3. The topological polar surface area (TPSA) is 130 Å². The molecular weight excluding hydrogens is 458 g/mol. The summed E-state index contributed by atoms with van der Waals surface area (Å²) in [5, 5.41) is 13.9. The maximum Gasteiger partial charge on any atom is 0.453 e. The van der Waals surface area contributed by atoms with Gasteiger partial charge in [-0.15, -0.1) is 0 Å². The van der Waals surface area contributed by atoms with Crippen LogP contribution in [0, 0.1) is 0 Å². The summed E-state index contributed by atoms with van der Waals surface area (Å²) in [5.41, 5.74) is 1.83. The van der Waals surface area contributed by atoms with Gasteiger partial charge in [0.1, 0.15) is 0 Å². The largest absolute Gasteiger partial charge is 0.465 e. The normalized spacial score (nSPS) is 15.1. The average Bonchev–Trinajstić information content (AvgIpc) is 3.29. The first kappa shape index (κ1) is 26.0. The van der Waals surface area contributed by atoms with Crippen LogP contribution in [0.4, 0.5) is 0 Å². The zero-order valence-electron chi connectivity index (χ0n) is 20.0. The van der Waals surface area contributed by atoms with Gasteiger partial charge in [-0.3, -0.25) is 0 Å². The van der Waals surface area contributed by atoms with Crippen LogP contribution in [0.25, 0.3) is 0 Å². The van der Waals surface area contributed by atoms with Gasteiger partial charge in [-0.2, -0.15) is 0 Å². The molecule has 1 aliphatic rings. The zero-order chi connectivity index (χ0) is 25.6. The third kappa shape index (κ3) is 5.55. The second kappa shape index (κ2) is 11.2. The molecule has 2 N–H and O–H groups in total. The van der Waals surface area contributed by atoms with E-state index < -0.39 is 29.8 Å². The molecular formula is C25H29NO9. The van der Waals surface area contributed by atoms with Crippen LogP contribution in [0.3, 0.4) is 0 Å². The summed E-state index contributed by atoms with van der Waals surface area (Å²) in [6, 6.07) is 11.8. The van der Waals surface area contributed by atoms with Gasteiger partial charge in [0.2, 0.25) is 0 Å². The Morgan fingerprint density at radius 1 is 0.971 bits per heavy atom. The Morgan fingerprint density at radius 2 is 1.66 bits per heavy atom. The molecule has 2 unspecified atom stereocenters. The van der Waals surface area contributed by atoms with Crippen molar-refractivity contribution in [2.45, 2.75) is 37.7 Å². The molecule has 1 heterocycles. The number of methoxy groups -OCH3 is 3. The summed E-state index contributed by atoms with van der Waals surface area (Å²) < 4.78 is 25.2. The highest BCUT2D eigenvalue weighted by atomic mass is 16.8. The van der Waals surface area contributed by atoms with Crippen LogP contribution in [0.2, 0.25) is 0 Å². The Bertz CT molecular complexity index is 1070. The van der Waals surface area contributed by atoms with Crippen molar-refractivity contribution < 1.29 is 43.2 Å². The number of aliphatic hydroxyl groups is 1. The quantitative estimate of drug-likeness (QED) is 0.291. The average molecular weight is 488 g/mol. The second-order valence-corrected chi connectivity index (χ2v) is 7.94. The molecule has 2 aromatic carbocycles. The molecule has 1 aliphatic heterocycles. The summed E-state index contributed by atoms with van der Waals surface area (Å²) in [6.07, 6.45) is 0.509. The van der Waals surface area contributed by atoms with Gasteiger partial charge in [0.05, 0.1) is 33.0 Å². The van der Waals surface area contributed by atoms with E-state index in [-0.39, 0.29) is 24.1 Å². The SMILES string of the molecule is CCC(Cc1ccc2c(c1)OC(C(=O)OC)(C(=O)OC)O2)NCC(O)c1cccc(C(=O)OC)c1. The lowest BCUT2D eigenvalue weighted by atomic mass is 10.0. The van der Waals surface area contributed by atoms with Crippen molar-refractivity contribution in [3.63, 3.8) is 0 Å². The number of hydrogen-bond acceptors (Lipinski definition) is 10. The number of carbonyl (C=O) groups is 3. The van der Waals surface area contributed by atoms with Crippen molar-refractivity contribution in [3.8, 4) is 11.5 Å². The summed E-state index contributed by atoms with van der Waals surface area (Å²) in [6.45, 7) is 2.27. The lowest BCUT2D eigenvalue weighted by molar-refractivity contribution is -0.199. The van der Waals surface area contributed by atoms with Crippen molar-refractivity contribution in [3.05, 3.63) is 59.2 Å². The number of benzene rings is 2. The molecule has 2 atom stereocenters. The standard InChI is InChI=1S/C25H29NO9/c1-5-18(26-14-19(27)16-7-6-8-17(13-16)22(28)31-2)11-15-9-10-20-21(12-15)35-25(34-20,23(29)32-3)24(30)33-4/h6-10,12-13,18-19,26-27H,5,11,14H2,1-4H3. The predicted octanol–water partition coefficient (Wildman–Crippen LogP) is 1.93. The summed E-state index contributed by atoms with van der Waals surface area (Å²) in [5.74, 6) is -4.43. The van der Waals surface area contributed by atoms with E-state index in [9.17, 15) is 19.5 Å². The monoisotopic (exact) mass is 487 g/mol. The fourth-order valence-electron chi connectivity index (χ4n) is 3.73. The van der Waals surface area contributed by atoms with E-state index >= 15 is 0 Å². The summed E-state index contributed by atoms with van der Waals surface area (Å²) >= 11 is 0. The molecule has 0 fully saturated rings. The predicted molar refractivity (Wildman–Crippen MR) is 123 cm³/mol. The fourth-order valence-corrected chi connectivity index (χ4v) is 3.73. The van der Waals surface area contributed by atoms with E-state index in [1.54, 1.807) is 42.5 Å². The molecule has 188 valence electrons. The minimum atomic E-state index is -2.34. The molecule has 2 aromatic rings. The van der Waals surface area contributed by atoms with Crippen molar-refractivity contribution in [1.82, 2.24) is 5.32 Å². The molecule has 0 aromatic heterocycles. The van der Waals surface area contributed by atoms with Crippen LogP contribution in [-0.4, -0.2) is 62.7 Å². The van der Waals surface area contributed by atoms with E-state index in [2.05, 4.69) is 14.8 Å². The van der Waals surface area contributed by atoms with E-state index in [0.29, 0.717) is 17.5 Å². The van der Waals surface area contributed by atoms with Gasteiger partial charge in [-0.05, 0) is 48.2 Å². The molecule has 0 radical (unpaired) electrons. The van der Waals surface area contributed by atoms with Crippen LogP contribution in [0.1, 0.15) is 40.9 Å². The number of rotatable bonds is 10. The molecule has 0 spiro atoms. The first-order valence-corrected chi connectivity index (χ1v) is 11.0. The van der Waals surface area contributed by atoms with Crippen molar-refractivity contribution >= 4 is 17.9 Å². The van der Waals surface area contributed by atoms with E-state index in [0.717, 1.165) is 26.2 Å². The van der Waals surface area contributed by atoms with Crippen LogP contribution in [-0.2, 0) is 30.2 Å². The molecule has 0 amide bonds. The minimum absolute atomic E-state index is 0.000201. The Morgan fingerprint density at radius 3 is 2.29 bits per heavy atom. The van der Waals surface area contributed by atoms with Gasteiger partial charge in [0, 0.05) is 12.6 Å². The van der Waals surface area contributed by atoms with E-state index in [4.69, 9.17) is 14.2 Å². The first-order chi connectivity index (χ1) is 16.8. The highest BCUT2D eigenvalue weighted by molar-refractivity contribution is 6.03. The molecule has 0 bridgehead atoms. The van der Waals surface area contributed by atoms with Crippen LogP contribution < -0.4 is 14.8 Å². The molecule has 0 saturated heterocycles. The zero-order valence-corrected chi connectivity index (χ0v) is 20.0. The van der Waals surface area contributed by atoms with Gasteiger partial charge in [0.15, 0.2) is 11.5 Å². The van der Waals surface area contributed by atoms with Crippen LogP contribution in [0.15, 0.2) is 42.5 Å². The molecule has 10 heteroatoms. The Hall–Kier alpha value is -3.63. The van der Waals surface area contributed by atoms with Gasteiger partial charge >= 0.3 is 23.7 Å². The highest BCUT2D eigenvalue weighted by Crippen LogP contribution is 2.41. The minimum Gasteiger partial charge on any atom is -0.465 e. The van der Waals surface area contributed by atoms with E-state index in [1.165, 1.54) is 7.11 Å². The molecule has 3 rings (SSSR count). The number of aliphatic hydroxyl groups excluding tert-OH is 1. The third-order valence-corrected chi connectivity index (χ3v) is 5.69. The maximum atomic E-state index is 12.2. The van der Waals surface area contributed by atoms with E-state index in [1.807, 2.05) is 6.92 Å². The molecule has 35 heavy (non-hydrogen) atoms. The van der Waals surface area contributed by atoms with Gasteiger partial charge in [-0.1, -0.05) is 25.1 Å². The van der Waals surface area contributed by atoms with Crippen molar-refractivity contribution in [2.75, 3.05) is 27.9 Å². The Balaban J connectivity index is 1.66. The van der Waals surface area contributed by atoms with Gasteiger partial charge in [0.25, 0.3) is 0 Å². The lowest BCUT2D eigenvalue weighted by Gasteiger charge is -2.21. The maximum absolute atomic E-state index is 12.2. The number of carbonyl (C=O) groups excluding carboxylic acids is 3.